The molecule has 0 bridgehead atoms. The van der Waals surface area contributed by atoms with E-state index < -0.39 is 45.8 Å². The quantitative estimate of drug-likeness (QED) is 0.399. The van der Waals surface area contributed by atoms with E-state index in [2.05, 4.69) is 10.3 Å². The van der Waals surface area contributed by atoms with Crippen LogP contribution in [0.3, 0.4) is 0 Å². The molecule has 122 valence electrons. The molecule has 0 aromatic carbocycles. The molecule has 3 rings (SSSR count). The molecule has 2 aliphatic heterocycles. The molecule has 0 saturated carbocycles. The Balaban J connectivity index is 1.72. The summed E-state index contributed by atoms with van der Waals surface area (Å²) in [5, 5.41) is 11.3. The highest BCUT2D eigenvalue weighted by atomic mass is 32.2. The number of amides is 2. The van der Waals surface area contributed by atoms with Gasteiger partial charge in [0, 0.05) is 10.9 Å². The number of nitrogens with one attached hydrogen (secondary N) is 2. The fourth-order valence-electron chi connectivity index (χ4n) is 2.95. The van der Waals surface area contributed by atoms with E-state index in [1.165, 1.54) is 28.9 Å². The summed E-state index contributed by atoms with van der Waals surface area (Å²) in [7, 11) is 0. The number of aromatic amines is 1. The van der Waals surface area contributed by atoms with Crippen molar-refractivity contribution in [3.63, 3.8) is 0 Å². The minimum Gasteiger partial charge on any atom is -0.480 e. The first kappa shape index (κ1) is 15.6. The van der Waals surface area contributed by atoms with E-state index in [-0.39, 0.29) is 5.69 Å². The van der Waals surface area contributed by atoms with Gasteiger partial charge in [0.1, 0.15) is 17.5 Å². The normalized spacial score (nSPS) is 28.0. The van der Waals surface area contributed by atoms with Crippen LogP contribution in [0.5, 0.6) is 0 Å². The van der Waals surface area contributed by atoms with Crippen LogP contribution >= 0.6 is 11.8 Å². The second kappa shape index (κ2) is 5.12. The molecule has 2 amide bonds. The summed E-state index contributed by atoms with van der Waals surface area (Å²) in [5.41, 5.74) is 0.133. The van der Waals surface area contributed by atoms with Crippen molar-refractivity contribution in [2.24, 2.45) is 0 Å². The maximum absolute atomic E-state index is 12.2. The second-order valence-electron chi connectivity index (χ2n) is 5.96. The average Bonchev–Trinajstić information content (AvgIpc) is 3.08. The first-order chi connectivity index (χ1) is 10.7. The number of hydrogen-bond donors (Lipinski definition) is 3. The number of carbonyl (C=O) groups excluding carboxylic acids is 3. The predicted molar refractivity (Wildman–Crippen MR) is 80.8 cm³/mol. The van der Waals surface area contributed by atoms with Gasteiger partial charge in [0.15, 0.2) is 0 Å². The molecule has 3 unspecified atom stereocenters. The van der Waals surface area contributed by atoms with Gasteiger partial charge in [-0.25, -0.2) is 4.79 Å². The Morgan fingerprint density at radius 3 is 2.65 bits per heavy atom. The number of fused-ring (bicyclic) bond motifs is 1. The highest BCUT2D eigenvalue weighted by Crippen LogP contribution is 2.50. The third kappa shape index (κ3) is 2.31. The second-order valence-corrected chi connectivity index (χ2v) is 7.73. The number of rotatable bonds is 4. The summed E-state index contributed by atoms with van der Waals surface area (Å²) in [6, 6.07) is 1.22. The summed E-state index contributed by atoms with van der Waals surface area (Å²) < 4.78 is -0.672. The fourth-order valence-corrected chi connectivity index (χ4v) is 4.57. The van der Waals surface area contributed by atoms with E-state index >= 15 is 0 Å². The molecule has 2 fully saturated rings. The summed E-state index contributed by atoms with van der Waals surface area (Å²) in [6.07, 6.45) is 1.52. The Morgan fingerprint density at radius 1 is 1.39 bits per heavy atom. The van der Waals surface area contributed by atoms with Crippen LogP contribution in [0.1, 0.15) is 24.3 Å². The summed E-state index contributed by atoms with van der Waals surface area (Å²) in [4.78, 5) is 51.4. The van der Waals surface area contributed by atoms with Crippen molar-refractivity contribution in [1.82, 2.24) is 15.2 Å². The van der Waals surface area contributed by atoms with E-state index in [9.17, 15) is 24.3 Å². The predicted octanol–water partition coefficient (Wildman–Crippen LogP) is -0.171. The van der Waals surface area contributed by atoms with E-state index in [1.807, 2.05) is 0 Å². The lowest BCUT2D eigenvalue weighted by Crippen LogP contribution is -2.71. The van der Waals surface area contributed by atoms with Crippen LogP contribution in [0.2, 0.25) is 0 Å². The number of carboxylic acid groups (broad SMARTS) is 1. The van der Waals surface area contributed by atoms with Crippen molar-refractivity contribution in [1.29, 1.82) is 0 Å². The molecule has 8 nitrogen and oxygen atoms in total. The summed E-state index contributed by atoms with van der Waals surface area (Å²) in [6.45, 7) is 3.48. The molecule has 2 aliphatic rings. The van der Waals surface area contributed by atoms with Gasteiger partial charge in [-0.3, -0.25) is 14.4 Å². The zero-order chi connectivity index (χ0) is 16.9. The van der Waals surface area contributed by atoms with E-state index in [0.717, 1.165) is 0 Å². The number of carboxylic acids is 1. The Kier molecular flexibility index (Phi) is 3.47. The van der Waals surface area contributed by atoms with E-state index in [1.54, 1.807) is 19.9 Å². The van der Waals surface area contributed by atoms with Gasteiger partial charge < -0.3 is 20.3 Å². The number of Topliss-reactive ketones (excluding diaryl/α,β-unsaturated/α-hetero) is 1. The largest absolute Gasteiger partial charge is 0.480 e. The van der Waals surface area contributed by atoms with Gasteiger partial charge in [0.05, 0.1) is 5.69 Å². The number of aliphatic carboxylic acids is 1. The molecule has 0 radical (unpaired) electrons. The van der Waals surface area contributed by atoms with E-state index in [4.69, 9.17) is 0 Å². The van der Waals surface area contributed by atoms with E-state index in [0.29, 0.717) is 0 Å². The SMILES string of the molecule is CC1(C)SC2C(NC(=O)C(=O)c3ccc[nH]3)C(=O)N2C1C(=O)O. The number of β-lactam (4-membered cyclic amide) rings is 1. The highest BCUT2D eigenvalue weighted by molar-refractivity contribution is 8.01. The Bertz CT molecular complexity index is 699. The molecule has 3 heterocycles. The van der Waals surface area contributed by atoms with Gasteiger partial charge in [-0.2, -0.15) is 0 Å². The number of H-pyrrole nitrogens is 1. The lowest BCUT2D eigenvalue weighted by Gasteiger charge is -2.43. The minimum absolute atomic E-state index is 0.133. The van der Waals surface area contributed by atoms with Crippen molar-refractivity contribution in [2.45, 2.75) is 36.1 Å². The number of ketones is 1. The van der Waals surface area contributed by atoms with Crippen molar-refractivity contribution in [2.75, 3.05) is 0 Å². The van der Waals surface area contributed by atoms with Gasteiger partial charge in [0.25, 0.3) is 11.7 Å². The van der Waals surface area contributed by atoms with Crippen LogP contribution in [0.25, 0.3) is 0 Å². The van der Waals surface area contributed by atoms with Gasteiger partial charge in [-0.1, -0.05) is 0 Å². The van der Waals surface area contributed by atoms with Crippen LogP contribution in [0, 0.1) is 0 Å². The van der Waals surface area contributed by atoms with Crippen molar-refractivity contribution >= 4 is 35.3 Å². The number of carbonyl (C=O) groups is 4. The lowest BCUT2D eigenvalue weighted by atomic mass is 9.96. The summed E-state index contributed by atoms with van der Waals surface area (Å²) in [5.74, 6) is -3.21. The smallest absolute Gasteiger partial charge is 0.327 e. The molecular formula is C14H15N3O5S. The molecule has 1 aromatic heterocycles. The molecule has 1 aromatic rings. The van der Waals surface area contributed by atoms with Crippen molar-refractivity contribution in [3.05, 3.63) is 24.0 Å². The Labute approximate surface area is 135 Å². The zero-order valence-corrected chi connectivity index (χ0v) is 13.2. The molecule has 0 aliphatic carbocycles. The zero-order valence-electron chi connectivity index (χ0n) is 12.4. The Hall–Kier alpha value is -2.29. The molecule has 3 N–H and O–H groups in total. The molecular weight excluding hydrogens is 322 g/mol. The van der Waals surface area contributed by atoms with Crippen molar-refractivity contribution in [3.8, 4) is 0 Å². The van der Waals surface area contributed by atoms with Crippen LogP contribution in [0.15, 0.2) is 18.3 Å². The van der Waals surface area contributed by atoms with Crippen LogP contribution < -0.4 is 5.32 Å². The molecule has 2 saturated heterocycles. The van der Waals surface area contributed by atoms with Gasteiger partial charge in [-0.05, 0) is 26.0 Å². The third-order valence-electron chi connectivity index (χ3n) is 4.01. The van der Waals surface area contributed by atoms with Crippen LogP contribution in [0.4, 0.5) is 0 Å². The standard InChI is InChI=1S/C14H15N3O5S/c1-14(2)9(13(21)22)17-11(20)7(12(17)23-14)16-10(19)8(18)6-4-3-5-15-6/h3-5,7,9,12,15H,1-2H3,(H,16,19)(H,21,22). The Morgan fingerprint density at radius 2 is 2.09 bits per heavy atom. The lowest BCUT2D eigenvalue weighted by molar-refractivity contribution is -0.160. The number of nitrogens with zero attached hydrogens (tertiary/aromatic N) is 1. The fraction of sp³-hybridized carbons (Fsp3) is 0.429. The van der Waals surface area contributed by atoms with Gasteiger partial charge in [-0.15, -0.1) is 11.8 Å². The van der Waals surface area contributed by atoms with Crippen molar-refractivity contribution < 1.29 is 24.3 Å². The van der Waals surface area contributed by atoms with Gasteiger partial charge in [0.2, 0.25) is 5.91 Å². The van der Waals surface area contributed by atoms with Crippen LogP contribution in [-0.2, 0) is 14.4 Å². The number of thioether (sulfide) groups is 1. The molecule has 9 heteroatoms. The number of aromatic nitrogens is 1. The maximum Gasteiger partial charge on any atom is 0.327 e. The first-order valence-corrected chi connectivity index (χ1v) is 7.83. The molecule has 3 atom stereocenters. The first-order valence-electron chi connectivity index (χ1n) is 6.95. The molecule has 0 spiro atoms. The topological polar surface area (TPSA) is 120 Å². The average molecular weight is 337 g/mol. The molecule has 23 heavy (non-hydrogen) atoms. The van der Waals surface area contributed by atoms with Crippen LogP contribution in [-0.4, -0.2) is 60.8 Å². The minimum atomic E-state index is -1.08. The highest BCUT2D eigenvalue weighted by Gasteiger charge is 2.64. The number of hydrogen-bond acceptors (Lipinski definition) is 5. The van der Waals surface area contributed by atoms with Gasteiger partial charge >= 0.3 is 5.97 Å². The summed E-state index contributed by atoms with van der Waals surface area (Å²) >= 11 is 1.31. The maximum atomic E-state index is 12.2. The monoisotopic (exact) mass is 337 g/mol. The third-order valence-corrected chi connectivity index (χ3v) is 5.58.